The van der Waals surface area contributed by atoms with Crippen LogP contribution < -0.4 is 0 Å². The van der Waals surface area contributed by atoms with Gasteiger partial charge >= 0.3 is 0 Å². The second kappa shape index (κ2) is 8.72. The number of rotatable bonds is 2. The van der Waals surface area contributed by atoms with E-state index in [2.05, 4.69) is 67.9 Å². The molecule has 1 atom stereocenters. The summed E-state index contributed by atoms with van der Waals surface area (Å²) in [7, 11) is 4.10. The zero-order valence-corrected chi connectivity index (χ0v) is 16.6. The molecule has 1 unspecified atom stereocenters. The molecule has 4 nitrogen and oxygen atoms in total. The maximum atomic E-state index is 6.01. The van der Waals surface area contributed by atoms with Gasteiger partial charge in [0.1, 0.15) is 6.10 Å². The van der Waals surface area contributed by atoms with E-state index in [4.69, 9.17) is 4.74 Å². The average molecular weight is 417 g/mol. The zero-order valence-electron chi connectivity index (χ0n) is 14.3. The Labute approximate surface area is 151 Å². The third-order valence-corrected chi connectivity index (χ3v) is 3.82. The average Bonchev–Trinajstić information content (AvgIpc) is 2.44. The number of ether oxygens (including phenoxy) is 1. The minimum absolute atomic E-state index is 0. The van der Waals surface area contributed by atoms with E-state index in [0.29, 0.717) is 0 Å². The van der Waals surface area contributed by atoms with Gasteiger partial charge in [-0.1, -0.05) is 23.8 Å². The maximum absolute atomic E-state index is 6.01. The highest BCUT2D eigenvalue weighted by Gasteiger charge is 2.26. The van der Waals surface area contributed by atoms with Crippen molar-refractivity contribution in [3.63, 3.8) is 0 Å². The molecule has 1 saturated heterocycles. The number of hydrogen-bond donors (Lipinski definition) is 0. The van der Waals surface area contributed by atoms with Crippen LogP contribution >= 0.6 is 24.0 Å². The highest BCUT2D eigenvalue weighted by Crippen LogP contribution is 2.26. The van der Waals surface area contributed by atoms with Crippen LogP contribution in [0, 0.1) is 13.8 Å². The lowest BCUT2D eigenvalue weighted by Crippen LogP contribution is -2.47. The fraction of sp³-hybridized carbons (Fsp3) is 0.588. The molecular weight excluding hydrogens is 389 g/mol. The highest BCUT2D eigenvalue weighted by molar-refractivity contribution is 14.0. The van der Waals surface area contributed by atoms with Gasteiger partial charge in [-0.2, -0.15) is 0 Å². The molecule has 0 bridgehead atoms. The van der Waals surface area contributed by atoms with Crippen LogP contribution in [0.2, 0.25) is 0 Å². The standard InChI is InChI=1S/C17H27N3O.HI/c1-6-18-17(19(4)5)20-9-10-21-16(12-20)15-8-7-13(2)11-14(15)3;/h7-8,11,16H,6,9-10,12H2,1-5H3;1H. The Morgan fingerprint density at radius 1 is 1.36 bits per heavy atom. The van der Waals surface area contributed by atoms with Crippen molar-refractivity contribution in [3.05, 3.63) is 34.9 Å². The van der Waals surface area contributed by atoms with E-state index in [9.17, 15) is 0 Å². The number of aliphatic imine (C=N–C) groups is 1. The van der Waals surface area contributed by atoms with Crippen molar-refractivity contribution < 1.29 is 4.74 Å². The van der Waals surface area contributed by atoms with Gasteiger partial charge in [0, 0.05) is 27.2 Å². The minimum atomic E-state index is 0. The van der Waals surface area contributed by atoms with Gasteiger partial charge < -0.3 is 14.5 Å². The quantitative estimate of drug-likeness (QED) is 0.420. The molecule has 1 fully saturated rings. The summed E-state index contributed by atoms with van der Waals surface area (Å²) < 4.78 is 6.01. The van der Waals surface area contributed by atoms with Crippen molar-refractivity contribution in [1.82, 2.24) is 9.80 Å². The number of hydrogen-bond acceptors (Lipinski definition) is 2. The number of guanidine groups is 1. The molecule has 0 amide bonds. The van der Waals surface area contributed by atoms with Crippen molar-refractivity contribution in [3.8, 4) is 0 Å². The van der Waals surface area contributed by atoms with Crippen LogP contribution in [0.4, 0.5) is 0 Å². The third-order valence-electron chi connectivity index (χ3n) is 3.82. The van der Waals surface area contributed by atoms with Crippen LogP contribution in [0.1, 0.15) is 29.7 Å². The summed E-state index contributed by atoms with van der Waals surface area (Å²) in [5.41, 5.74) is 3.89. The first-order chi connectivity index (χ1) is 10.0. The molecule has 0 spiro atoms. The Balaban J connectivity index is 0.00000242. The zero-order chi connectivity index (χ0) is 15.4. The summed E-state index contributed by atoms with van der Waals surface area (Å²) in [4.78, 5) is 9.05. The van der Waals surface area contributed by atoms with Gasteiger partial charge in [-0.15, -0.1) is 24.0 Å². The number of benzene rings is 1. The van der Waals surface area contributed by atoms with E-state index in [1.807, 2.05) is 0 Å². The van der Waals surface area contributed by atoms with E-state index in [-0.39, 0.29) is 30.1 Å². The maximum Gasteiger partial charge on any atom is 0.196 e. The van der Waals surface area contributed by atoms with Crippen molar-refractivity contribution in [2.24, 2.45) is 4.99 Å². The Morgan fingerprint density at radius 2 is 2.09 bits per heavy atom. The summed E-state index contributed by atoms with van der Waals surface area (Å²) >= 11 is 0. The van der Waals surface area contributed by atoms with Crippen molar-refractivity contribution in [2.75, 3.05) is 40.3 Å². The van der Waals surface area contributed by atoms with E-state index in [0.717, 1.165) is 32.2 Å². The fourth-order valence-corrected chi connectivity index (χ4v) is 2.87. The molecular formula is C17H28IN3O. The first-order valence-corrected chi connectivity index (χ1v) is 7.68. The minimum Gasteiger partial charge on any atom is -0.370 e. The van der Waals surface area contributed by atoms with E-state index >= 15 is 0 Å². The SMILES string of the molecule is CCN=C(N(C)C)N1CCOC(c2ccc(C)cc2C)C1.I. The van der Waals surface area contributed by atoms with Gasteiger partial charge in [0.05, 0.1) is 13.2 Å². The highest BCUT2D eigenvalue weighted by atomic mass is 127. The molecule has 1 aromatic rings. The molecule has 1 aliphatic heterocycles. The summed E-state index contributed by atoms with van der Waals surface area (Å²) in [6, 6.07) is 6.59. The van der Waals surface area contributed by atoms with Gasteiger partial charge in [-0.25, -0.2) is 0 Å². The molecule has 0 N–H and O–H groups in total. The van der Waals surface area contributed by atoms with Gasteiger partial charge in [0.2, 0.25) is 0 Å². The van der Waals surface area contributed by atoms with Crippen LogP contribution in [0.15, 0.2) is 23.2 Å². The number of halogens is 1. The molecule has 0 radical (unpaired) electrons. The smallest absolute Gasteiger partial charge is 0.196 e. The monoisotopic (exact) mass is 417 g/mol. The molecule has 1 aliphatic rings. The first kappa shape index (κ1) is 19.2. The van der Waals surface area contributed by atoms with Gasteiger partial charge in [0.15, 0.2) is 5.96 Å². The largest absolute Gasteiger partial charge is 0.370 e. The summed E-state index contributed by atoms with van der Waals surface area (Å²) in [5.74, 6) is 1.05. The van der Waals surface area contributed by atoms with Crippen LogP contribution in [-0.4, -0.2) is 56.1 Å². The van der Waals surface area contributed by atoms with Crippen molar-refractivity contribution >= 4 is 29.9 Å². The Bertz CT molecular complexity index is 517. The Hall–Kier alpha value is -0.820. The normalized spacial score (nSPS) is 18.9. The predicted molar refractivity (Wildman–Crippen MR) is 103 cm³/mol. The van der Waals surface area contributed by atoms with Crippen LogP contribution in [0.3, 0.4) is 0 Å². The van der Waals surface area contributed by atoms with Gasteiger partial charge in [-0.05, 0) is 31.9 Å². The predicted octanol–water partition coefficient (Wildman–Crippen LogP) is 3.23. The Morgan fingerprint density at radius 3 is 2.68 bits per heavy atom. The number of aryl methyl sites for hydroxylation is 2. The molecule has 124 valence electrons. The first-order valence-electron chi connectivity index (χ1n) is 7.68. The fourth-order valence-electron chi connectivity index (χ4n) is 2.87. The van der Waals surface area contributed by atoms with E-state index in [1.54, 1.807) is 0 Å². The van der Waals surface area contributed by atoms with Gasteiger partial charge in [-0.3, -0.25) is 4.99 Å². The van der Waals surface area contributed by atoms with Crippen LogP contribution in [-0.2, 0) is 4.74 Å². The molecule has 2 rings (SSSR count). The third kappa shape index (κ3) is 4.59. The topological polar surface area (TPSA) is 28.1 Å². The summed E-state index contributed by atoms with van der Waals surface area (Å²) in [5, 5.41) is 0. The summed E-state index contributed by atoms with van der Waals surface area (Å²) in [6.45, 7) is 9.68. The molecule has 22 heavy (non-hydrogen) atoms. The lowest BCUT2D eigenvalue weighted by molar-refractivity contribution is -0.0102. The lowest BCUT2D eigenvalue weighted by Gasteiger charge is -2.37. The second-order valence-corrected chi connectivity index (χ2v) is 5.83. The molecule has 0 saturated carbocycles. The van der Waals surface area contributed by atoms with Crippen LogP contribution in [0.5, 0.6) is 0 Å². The molecule has 5 heteroatoms. The molecule has 1 aromatic carbocycles. The second-order valence-electron chi connectivity index (χ2n) is 5.83. The van der Waals surface area contributed by atoms with Crippen molar-refractivity contribution in [2.45, 2.75) is 26.9 Å². The van der Waals surface area contributed by atoms with Crippen molar-refractivity contribution in [1.29, 1.82) is 0 Å². The number of nitrogens with zero attached hydrogens (tertiary/aromatic N) is 3. The molecule has 0 aromatic heterocycles. The number of morpholine rings is 1. The van der Waals surface area contributed by atoms with E-state index < -0.39 is 0 Å². The van der Waals surface area contributed by atoms with Crippen LogP contribution in [0.25, 0.3) is 0 Å². The lowest BCUT2D eigenvalue weighted by atomic mass is 10.00. The summed E-state index contributed by atoms with van der Waals surface area (Å²) in [6.07, 6.45) is 0.126. The van der Waals surface area contributed by atoms with Gasteiger partial charge in [0.25, 0.3) is 0 Å². The van der Waals surface area contributed by atoms with E-state index in [1.165, 1.54) is 16.7 Å². The Kier molecular flexibility index (Phi) is 7.62. The molecule has 1 heterocycles. The molecule has 0 aliphatic carbocycles.